The Labute approximate surface area is 235 Å². The van der Waals surface area contributed by atoms with Crippen LogP contribution in [0.2, 0.25) is 0 Å². The number of morpholine rings is 1. The van der Waals surface area contributed by atoms with Crippen molar-refractivity contribution in [2.24, 2.45) is 5.10 Å². The largest absolute Gasteiger partial charge is 0.454 e. The summed E-state index contributed by atoms with van der Waals surface area (Å²) in [5.74, 6) is 0.268. The molecule has 0 aliphatic carbocycles. The highest BCUT2D eigenvalue weighted by molar-refractivity contribution is 7.12. The third-order valence-electron chi connectivity index (χ3n) is 7.27. The molecular weight excluding hydrogens is 535 g/mol. The maximum atomic E-state index is 14.7. The number of amides is 2. The molecule has 40 heavy (non-hydrogen) atoms. The molecule has 0 saturated carbocycles. The summed E-state index contributed by atoms with van der Waals surface area (Å²) < 4.78 is 31.2. The lowest BCUT2D eigenvalue weighted by Crippen LogP contribution is -2.46. The van der Waals surface area contributed by atoms with E-state index in [1.165, 1.54) is 22.4 Å². The number of ether oxygens (including phenoxy) is 3. The first-order valence-corrected chi connectivity index (χ1v) is 14.1. The van der Waals surface area contributed by atoms with Crippen LogP contribution in [0, 0.1) is 5.82 Å². The molecule has 0 bridgehead atoms. The molecule has 9 nitrogen and oxygen atoms in total. The number of nitrogens with zero attached hydrogens (tertiary/aromatic N) is 4. The normalized spacial score (nSPS) is 18.6. The molecule has 3 aromatic rings. The Morgan fingerprint density at radius 3 is 2.67 bits per heavy atom. The molecule has 3 aliphatic rings. The lowest BCUT2D eigenvalue weighted by atomic mass is 9.97. The fraction of sp³-hybridized carbons (Fsp3) is 0.345. The van der Waals surface area contributed by atoms with Crippen molar-refractivity contribution in [2.75, 3.05) is 52.7 Å². The molecule has 1 saturated heterocycles. The lowest BCUT2D eigenvalue weighted by molar-refractivity contribution is -0.133. The van der Waals surface area contributed by atoms with Crippen molar-refractivity contribution in [1.82, 2.24) is 14.8 Å². The van der Waals surface area contributed by atoms with Gasteiger partial charge in [0.15, 0.2) is 11.5 Å². The minimum atomic E-state index is -0.491. The molecule has 1 unspecified atom stereocenters. The van der Waals surface area contributed by atoms with E-state index >= 15 is 0 Å². The van der Waals surface area contributed by atoms with Crippen LogP contribution in [0.1, 0.15) is 33.3 Å². The molecule has 1 aromatic heterocycles. The third kappa shape index (κ3) is 5.58. The van der Waals surface area contributed by atoms with Gasteiger partial charge < -0.3 is 19.1 Å². The van der Waals surface area contributed by atoms with Crippen molar-refractivity contribution in [3.05, 3.63) is 81.8 Å². The first-order valence-electron chi connectivity index (χ1n) is 13.2. The second kappa shape index (κ2) is 11.7. The first-order chi connectivity index (χ1) is 19.6. The van der Waals surface area contributed by atoms with E-state index in [1.54, 1.807) is 35.2 Å². The zero-order valence-corrected chi connectivity index (χ0v) is 22.6. The number of hydrazone groups is 1. The number of hydrogen-bond acceptors (Lipinski definition) is 8. The maximum Gasteiger partial charge on any atom is 0.264 e. The third-order valence-corrected chi connectivity index (χ3v) is 8.13. The minimum absolute atomic E-state index is 0.131. The number of carbonyl (C=O) groups excluding carboxylic acids is 2. The summed E-state index contributed by atoms with van der Waals surface area (Å²) in [5.41, 5.74) is 1.61. The van der Waals surface area contributed by atoms with Gasteiger partial charge in [0.05, 0.1) is 29.8 Å². The van der Waals surface area contributed by atoms with Gasteiger partial charge in [-0.15, -0.1) is 11.3 Å². The number of rotatable bonds is 8. The molecule has 0 spiro atoms. The van der Waals surface area contributed by atoms with Gasteiger partial charge in [-0.2, -0.15) is 5.10 Å². The van der Waals surface area contributed by atoms with Crippen molar-refractivity contribution < 1.29 is 28.2 Å². The molecular formula is C29H29FN4O5S. The highest BCUT2D eigenvalue weighted by Crippen LogP contribution is 2.39. The molecule has 2 amide bonds. The number of hydrogen-bond donors (Lipinski definition) is 0. The maximum absolute atomic E-state index is 14.7. The fourth-order valence-electron chi connectivity index (χ4n) is 5.11. The van der Waals surface area contributed by atoms with E-state index in [0.29, 0.717) is 60.4 Å². The fourth-order valence-corrected chi connectivity index (χ4v) is 5.80. The molecule has 2 aromatic carbocycles. The zero-order chi connectivity index (χ0) is 27.5. The van der Waals surface area contributed by atoms with Gasteiger partial charge in [-0.05, 0) is 35.2 Å². The molecule has 208 valence electrons. The van der Waals surface area contributed by atoms with E-state index < -0.39 is 11.9 Å². The van der Waals surface area contributed by atoms with Gasteiger partial charge in [-0.3, -0.25) is 14.5 Å². The van der Waals surface area contributed by atoms with Crippen LogP contribution in [-0.4, -0.2) is 85.1 Å². The molecule has 0 N–H and O–H groups in total. The molecule has 4 heterocycles. The molecule has 0 radical (unpaired) electrons. The summed E-state index contributed by atoms with van der Waals surface area (Å²) in [6.07, 6.45) is 0.318. The molecule has 11 heteroatoms. The average Bonchev–Trinajstić information content (AvgIpc) is 3.76. The Morgan fingerprint density at radius 2 is 1.88 bits per heavy atom. The highest BCUT2D eigenvalue weighted by Gasteiger charge is 2.36. The second-order valence-corrected chi connectivity index (χ2v) is 10.7. The Hall–Kier alpha value is -3.80. The van der Waals surface area contributed by atoms with Crippen molar-refractivity contribution in [2.45, 2.75) is 12.5 Å². The van der Waals surface area contributed by atoms with Gasteiger partial charge in [0.25, 0.3) is 11.8 Å². The van der Waals surface area contributed by atoms with Gasteiger partial charge in [-0.25, -0.2) is 9.40 Å². The van der Waals surface area contributed by atoms with E-state index in [1.807, 2.05) is 23.6 Å². The Kier molecular flexibility index (Phi) is 7.76. The zero-order valence-electron chi connectivity index (χ0n) is 21.8. The predicted molar refractivity (Wildman–Crippen MR) is 147 cm³/mol. The van der Waals surface area contributed by atoms with E-state index in [2.05, 4.69) is 10.0 Å². The smallest absolute Gasteiger partial charge is 0.264 e. The SMILES string of the molecule is O=C(c1cccs1)N(CCN1CCOCC1)CC(=O)N1N=C(c2ccccc2F)CC1c1ccc2c(c1)OCO2. The molecule has 3 aliphatic heterocycles. The van der Waals surface area contributed by atoms with Crippen LogP contribution in [0.15, 0.2) is 65.1 Å². The summed E-state index contributed by atoms with van der Waals surface area (Å²) in [4.78, 5) is 31.7. The van der Waals surface area contributed by atoms with Crippen LogP contribution in [0.3, 0.4) is 0 Å². The first kappa shape index (κ1) is 26.4. The van der Waals surface area contributed by atoms with Crippen molar-refractivity contribution >= 4 is 28.9 Å². The topological polar surface area (TPSA) is 83.9 Å². The Morgan fingerprint density at radius 1 is 1.05 bits per heavy atom. The summed E-state index contributed by atoms with van der Waals surface area (Å²) in [5, 5.41) is 7.86. The second-order valence-electron chi connectivity index (χ2n) is 9.76. The number of thiophene rings is 1. The van der Waals surface area contributed by atoms with Crippen LogP contribution in [0.4, 0.5) is 4.39 Å². The van der Waals surface area contributed by atoms with E-state index in [-0.39, 0.29) is 25.2 Å². The van der Waals surface area contributed by atoms with Crippen molar-refractivity contribution in [3.8, 4) is 11.5 Å². The summed E-state index contributed by atoms with van der Waals surface area (Å²) in [7, 11) is 0. The van der Waals surface area contributed by atoms with Gasteiger partial charge in [0, 0.05) is 38.2 Å². The quantitative estimate of drug-likeness (QED) is 0.414. The van der Waals surface area contributed by atoms with E-state index in [0.717, 1.165) is 18.7 Å². The van der Waals surface area contributed by atoms with Crippen LogP contribution in [0.25, 0.3) is 0 Å². The van der Waals surface area contributed by atoms with Gasteiger partial charge in [0.1, 0.15) is 12.4 Å². The van der Waals surface area contributed by atoms with Gasteiger partial charge in [0.2, 0.25) is 6.79 Å². The molecule has 1 fully saturated rings. The van der Waals surface area contributed by atoms with Gasteiger partial charge >= 0.3 is 0 Å². The van der Waals surface area contributed by atoms with Crippen molar-refractivity contribution in [1.29, 1.82) is 0 Å². The predicted octanol–water partition coefficient (Wildman–Crippen LogP) is 3.77. The van der Waals surface area contributed by atoms with Gasteiger partial charge in [-0.1, -0.05) is 30.3 Å². The average molecular weight is 565 g/mol. The number of halogens is 1. The van der Waals surface area contributed by atoms with Crippen LogP contribution >= 0.6 is 11.3 Å². The monoisotopic (exact) mass is 564 g/mol. The number of fused-ring (bicyclic) bond motifs is 1. The lowest BCUT2D eigenvalue weighted by Gasteiger charge is -2.31. The number of carbonyl (C=O) groups is 2. The van der Waals surface area contributed by atoms with E-state index in [4.69, 9.17) is 14.2 Å². The summed E-state index contributed by atoms with van der Waals surface area (Å²) >= 11 is 1.34. The van der Waals surface area contributed by atoms with Crippen molar-refractivity contribution in [3.63, 3.8) is 0 Å². The summed E-state index contributed by atoms with van der Waals surface area (Å²) in [6, 6.07) is 15.0. The Bertz CT molecular complexity index is 1410. The van der Waals surface area contributed by atoms with Crippen LogP contribution in [-0.2, 0) is 9.53 Å². The summed E-state index contributed by atoms with van der Waals surface area (Å²) in [6.45, 7) is 3.85. The number of benzene rings is 2. The molecule has 1 atom stereocenters. The van der Waals surface area contributed by atoms with Crippen LogP contribution in [0.5, 0.6) is 11.5 Å². The van der Waals surface area contributed by atoms with E-state index in [9.17, 15) is 14.0 Å². The standard InChI is InChI=1S/C29H29FN4O5S/c30-22-5-2-1-4-21(22)23-17-24(20-7-8-25-26(16-20)39-19-38-25)34(31-23)28(35)18-33(29(36)27-6-3-15-40-27)10-9-32-11-13-37-14-12-32/h1-8,15-16,24H,9-14,17-19H2. The highest BCUT2D eigenvalue weighted by atomic mass is 32.1. The Balaban J connectivity index is 1.27. The minimum Gasteiger partial charge on any atom is -0.454 e. The van der Waals surface area contributed by atoms with Crippen LogP contribution < -0.4 is 9.47 Å². The molecule has 6 rings (SSSR count).